The molecule has 0 unspecified atom stereocenters. The molecule has 0 saturated carbocycles. The Balaban J connectivity index is 1.83. The number of benzene rings is 3. The van der Waals surface area contributed by atoms with Crippen molar-refractivity contribution < 1.29 is 4.79 Å². The molecule has 0 bridgehead atoms. The number of anilines is 1. The Labute approximate surface area is 179 Å². The summed E-state index contributed by atoms with van der Waals surface area (Å²) in [6, 6.07) is 20.6. The number of carbonyl (C=O) groups is 1. The van der Waals surface area contributed by atoms with Gasteiger partial charge in [0.25, 0.3) is 5.91 Å². The highest BCUT2D eigenvalue weighted by Gasteiger charge is 2.16. The van der Waals surface area contributed by atoms with Crippen molar-refractivity contribution in [3.8, 4) is 11.3 Å². The van der Waals surface area contributed by atoms with E-state index in [9.17, 15) is 4.79 Å². The lowest BCUT2D eigenvalue weighted by Crippen LogP contribution is -2.13. The number of amides is 1. The number of aryl methyl sites for hydroxylation is 2. The van der Waals surface area contributed by atoms with Gasteiger partial charge in [0.05, 0.1) is 27.5 Å². The zero-order valence-corrected chi connectivity index (χ0v) is 17.5. The fourth-order valence-corrected chi connectivity index (χ4v) is 3.53. The summed E-state index contributed by atoms with van der Waals surface area (Å²) in [6.07, 6.45) is 0. The molecule has 4 rings (SSSR count). The SMILES string of the molecule is Cc1ccc(-c2cc(C(=O)Nc3cc(Cl)ccc3Cl)c3ccccc3n2)cc1C. The molecule has 1 amide bonds. The number of hydrogen-bond donors (Lipinski definition) is 1. The van der Waals surface area contributed by atoms with Crippen molar-refractivity contribution in [2.75, 3.05) is 5.32 Å². The lowest BCUT2D eigenvalue weighted by atomic mass is 10.0. The van der Waals surface area contributed by atoms with Gasteiger partial charge in [0.15, 0.2) is 0 Å². The molecule has 0 atom stereocenters. The van der Waals surface area contributed by atoms with Gasteiger partial charge in [-0.15, -0.1) is 0 Å². The van der Waals surface area contributed by atoms with E-state index < -0.39 is 0 Å². The van der Waals surface area contributed by atoms with Gasteiger partial charge in [0.2, 0.25) is 0 Å². The summed E-state index contributed by atoms with van der Waals surface area (Å²) in [7, 11) is 0. The minimum Gasteiger partial charge on any atom is -0.321 e. The van der Waals surface area contributed by atoms with Crippen LogP contribution in [0.3, 0.4) is 0 Å². The molecule has 0 spiro atoms. The topological polar surface area (TPSA) is 42.0 Å². The molecule has 5 heteroatoms. The van der Waals surface area contributed by atoms with Gasteiger partial charge in [0.1, 0.15) is 0 Å². The van der Waals surface area contributed by atoms with Crippen LogP contribution in [0.15, 0.2) is 66.7 Å². The molecule has 0 aliphatic heterocycles. The van der Waals surface area contributed by atoms with Crippen molar-refractivity contribution in [3.05, 3.63) is 93.5 Å². The first-order valence-electron chi connectivity index (χ1n) is 9.16. The minimum absolute atomic E-state index is 0.266. The Morgan fingerprint density at radius 3 is 2.48 bits per heavy atom. The Morgan fingerprint density at radius 2 is 1.69 bits per heavy atom. The monoisotopic (exact) mass is 420 g/mol. The molecule has 1 heterocycles. The van der Waals surface area contributed by atoms with Crippen molar-refractivity contribution in [2.24, 2.45) is 0 Å². The third-order valence-electron chi connectivity index (χ3n) is 4.94. The normalized spacial score (nSPS) is 10.9. The summed E-state index contributed by atoms with van der Waals surface area (Å²) >= 11 is 12.3. The molecule has 0 fully saturated rings. The minimum atomic E-state index is -0.266. The van der Waals surface area contributed by atoms with Crippen LogP contribution in [0.25, 0.3) is 22.2 Å². The Kier molecular flexibility index (Phi) is 5.27. The molecule has 0 aliphatic rings. The van der Waals surface area contributed by atoms with Gasteiger partial charge in [-0.2, -0.15) is 0 Å². The zero-order chi connectivity index (χ0) is 20.5. The van der Waals surface area contributed by atoms with E-state index >= 15 is 0 Å². The molecule has 1 N–H and O–H groups in total. The van der Waals surface area contributed by atoms with Crippen molar-refractivity contribution in [2.45, 2.75) is 13.8 Å². The van der Waals surface area contributed by atoms with Gasteiger partial charge in [-0.3, -0.25) is 4.79 Å². The van der Waals surface area contributed by atoms with Crippen LogP contribution in [0.1, 0.15) is 21.5 Å². The molecule has 0 saturated heterocycles. The van der Waals surface area contributed by atoms with Crippen LogP contribution in [0, 0.1) is 13.8 Å². The van der Waals surface area contributed by atoms with E-state index in [1.165, 1.54) is 11.1 Å². The van der Waals surface area contributed by atoms with Gasteiger partial charge < -0.3 is 5.32 Å². The quantitative estimate of drug-likeness (QED) is 0.384. The Hall–Kier alpha value is -2.88. The van der Waals surface area contributed by atoms with E-state index in [1.54, 1.807) is 18.2 Å². The van der Waals surface area contributed by atoms with Gasteiger partial charge in [0, 0.05) is 16.0 Å². The molecule has 29 heavy (non-hydrogen) atoms. The molecular weight excluding hydrogens is 403 g/mol. The average molecular weight is 421 g/mol. The number of aromatic nitrogens is 1. The molecule has 3 nitrogen and oxygen atoms in total. The molecular formula is C24H18Cl2N2O. The van der Waals surface area contributed by atoms with Crippen LogP contribution >= 0.6 is 23.2 Å². The second-order valence-corrected chi connectivity index (χ2v) is 7.79. The summed E-state index contributed by atoms with van der Waals surface area (Å²) in [6.45, 7) is 4.13. The summed E-state index contributed by atoms with van der Waals surface area (Å²) in [4.78, 5) is 17.9. The molecule has 144 valence electrons. The van der Waals surface area contributed by atoms with Crippen LogP contribution in [0.4, 0.5) is 5.69 Å². The standard InChI is InChI=1S/C24H18Cl2N2O/c1-14-7-8-16(11-15(14)2)22-13-19(18-5-3-4-6-21(18)27-22)24(29)28-23-12-17(25)9-10-20(23)26/h3-13H,1-2H3,(H,28,29). The maximum absolute atomic E-state index is 13.2. The van der Waals surface area contributed by atoms with Crippen LogP contribution in [-0.2, 0) is 0 Å². The molecule has 3 aromatic carbocycles. The lowest BCUT2D eigenvalue weighted by molar-refractivity contribution is 0.102. The summed E-state index contributed by atoms with van der Waals surface area (Å²) in [5.41, 5.74) is 5.85. The van der Waals surface area contributed by atoms with E-state index in [1.807, 2.05) is 36.4 Å². The highest BCUT2D eigenvalue weighted by molar-refractivity contribution is 6.36. The number of rotatable bonds is 3. The Bertz CT molecular complexity index is 1250. The maximum Gasteiger partial charge on any atom is 0.256 e. The van der Waals surface area contributed by atoms with E-state index in [2.05, 4.69) is 31.3 Å². The summed E-state index contributed by atoms with van der Waals surface area (Å²) in [5.74, 6) is -0.266. The summed E-state index contributed by atoms with van der Waals surface area (Å²) in [5, 5.41) is 4.58. The number of para-hydroxylation sites is 1. The fraction of sp³-hybridized carbons (Fsp3) is 0.0833. The smallest absolute Gasteiger partial charge is 0.256 e. The number of nitrogens with zero attached hydrogens (tertiary/aromatic N) is 1. The third-order valence-corrected chi connectivity index (χ3v) is 5.50. The number of nitrogens with one attached hydrogen (secondary N) is 1. The van der Waals surface area contributed by atoms with Crippen molar-refractivity contribution in [1.29, 1.82) is 0 Å². The van der Waals surface area contributed by atoms with Gasteiger partial charge >= 0.3 is 0 Å². The molecule has 0 radical (unpaired) electrons. The first-order valence-corrected chi connectivity index (χ1v) is 9.92. The van der Waals surface area contributed by atoms with Gasteiger partial charge in [-0.1, -0.05) is 53.5 Å². The van der Waals surface area contributed by atoms with Crippen LogP contribution in [0.2, 0.25) is 10.0 Å². The number of fused-ring (bicyclic) bond motifs is 1. The van der Waals surface area contributed by atoms with E-state index in [4.69, 9.17) is 28.2 Å². The molecule has 4 aromatic rings. The predicted octanol–water partition coefficient (Wildman–Crippen LogP) is 7.08. The van der Waals surface area contributed by atoms with Crippen molar-refractivity contribution >= 4 is 45.7 Å². The first kappa shape index (κ1) is 19.4. The van der Waals surface area contributed by atoms with E-state index in [0.717, 1.165) is 22.2 Å². The Morgan fingerprint density at radius 1 is 0.897 bits per heavy atom. The lowest BCUT2D eigenvalue weighted by Gasteiger charge is -2.12. The largest absolute Gasteiger partial charge is 0.321 e. The van der Waals surface area contributed by atoms with Crippen LogP contribution < -0.4 is 5.32 Å². The third kappa shape index (κ3) is 3.98. The molecule has 0 aliphatic carbocycles. The second kappa shape index (κ2) is 7.86. The highest BCUT2D eigenvalue weighted by Crippen LogP contribution is 2.29. The zero-order valence-electron chi connectivity index (χ0n) is 16.0. The van der Waals surface area contributed by atoms with E-state index in [0.29, 0.717) is 21.3 Å². The molecule has 1 aromatic heterocycles. The number of hydrogen-bond acceptors (Lipinski definition) is 2. The average Bonchev–Trinajstić information content (AvgIpc) is 2.72. The van der Waals surface area contributed by atoms with Crippen LogP contribution in [-0.4, -0.2) is 10.9 Å². The van der Waals surface area contributed by atoms with Crippen molar-refractivity contribution in [3.63, 3.8) is 0 Å². The van der Waals surface area contributed by atoms with E-state index in [-0.39, 0.29) is 5.91 Å². The highest BCUT2D eigenvalue weighted by atomic mass is 35.5. The maximum atomic E-state index is 13.2. The fourth-order valence-electron chi connectivity index (χ4n) is 3.19. The first-order chi connectivity index (χ1) is 13.9. The van der Waals surface area contributed by atoms with Crippen LogP contribution in [0.5, 0.6) is 0 Å². The number of carbonyl (C=O) groups excluding carboxylic acids is 1. The number of halogens is 2. The van der Waals surface area contributed by atoms with Gasteiger partial charge in [-0.05, 0) is 61.4 Å². The van der Waals surface area contributed by atoms with Crippen molar-refractivity contribution in [1.82, 2.24) is 4.98 Å². The van der Waals surface area contributed by atoms with Gasteiger partial charge in [-0.25, -0.2) is 4.98 Å². The predicted molar refractivity (Wildman–Crippen MR) is 121 cm³/mol. The second-order valence-electron chi connectivity index (χ2n) is 6.95. The summed E-state index contributed by atoms with van der Waals surface area (Å²) < 4.78 is 0. The number of pyridine rings is 1.